The summed E-state index contributed by atoms with van der Waals surface area (Å²) in [7, 11) is -5.62. The average molecular weight is 299 g/mol. The zero-order chi connectivity index (χ0) is 14.8. The first-order valence-electron chi connectivity index (χ1n) is 4.84. The van der Waals surface area contributed by atoms with E-state index in [1.807, 2.05) is 0 Å². The first kappa shape index (κ1) is 15.2. The maximum Gasteiger partial charge on any atom is 0.501 e. The molecular weight excluding hydrogens is 291 g/mol. The molecule has 0 spiro atoms. The molecule has 106 valence electrons. The molecule has 1 aromatic rings. The lowest BCUT2D eigenvalue weighted by molar-refractivity contribution is -0.386. The predicted octanol–water partition coefficient (Wildman–Crippen LogP) is 2.29. The number of hydrogen-bond acceptors (Lipinski definition) is 5. The minimum absolute atomic E-state index is 0.0478. The topological polar surface area (TPSA) is 86.5 Å². The van der Waals surface area contributed by atoms with Crippen molar-refractivity contribution in [2.45, 2.75) is 17.3 Å². The van der Waals surface area contributed by atoms with Crippen LogP contribution in [0.15, 0.2) is 23.1 Å². The molecule has 0 heterocycles. The van der Waals surface area contributed by atoms with Gasteiger partial charge in [-0.05, 0) is 19.1 Å². The lowest BCUT2D eigenvalue weighted by Gasteiger charge is -2.09. The Kier molecular flexibility index (Phi) is 4.03. The molecule has 0 saturated heterocycles. The van der Waals surface area contributed by atoms with Gasteiger partial charge in [-0.25, -0.2) is 8.42 Å². The van der Waals surface area contributed by atoms with Crippen LogP contribution in [-0.2, 0) is 9.84 Å². The van der Waals surface area contributed by atoms with Crippen LogP contribution in [0.5, 0.6) is 5.75 Å². The first-order chi connectivity index (χ1) is 8.61. The van der Waals surface area contributed by atoms with E-state index in [0.29, 0.717) is 12.1 Å². The molecular formula is C9H8F3NO5S. The fourth-order valence-corrected chi connectivity index (χ4v) is 2.00. The summed E-state index contributed by atoms with van der Waals surface area (Å²) >= 11 is 0. The summed E-state index contributed by atoms with van der Waals surface area (Å²) in [6, 6.07) is 1.76. The molecule has 0 saturated carbocycles. The third-order valence-corrected chi connectivity index (χ3v) is 3.53. The van der Waals surface area contributed by atoms with Gasteiger partial charge in [-0.15, -0.1) is 0 Å². The minimum Gasteiger partial charge on any atom is -0.487 e. The van der Waals surface area contributed by atoms with Crippen molar-refractivity contribution in [3.63, 3.8) is 0 Å². The van der Waals surface area contributed by atoms with Crippen molar-refractivity contribution in [1.29, 1.82) is 0 Å². The van der Waals surface area contributed by atoms with Gasteiger partial charge < -0.3 is 4.74 Å². The van der Waals surface area contributed by atoms with Crippen LogP contribution in [0.2, 0.25) is 0 Å². The van der Waals surface area contributed by atoms with Crippen molar-refractivity contribution in [2.24, 2.45) is 0 Å². The Hall–Kier alpha value is -1.84. The van der Waals surface area contributed by atoms with Crippen molar-refractivity contribution in [3.05, 3.63) is 28.3 Å². The lowest BCUT2D eigenvalue weighted by Crippen LogP contribution is -2.23. The summed E-state index contributed by atoms with van der Waals surface area (Å²) in [5.41, 5.74) is -6.36. The third kappa shape index (κ3) is 2.95. The van der Waals surface area contributed by atoms with Gasteiger partial charge in [0.15, 0.2) is 5.75 Å². The highest BCUT2D eigenvalue weighted by molar-refractivity contribution is 7.92. The van der Waals surface area contributed by atoms with Crippen LogP contribution in [-0.4, -0.2) is 25.5 Å². The molecule has 10 heteroatoms. The van der Waals surface area contributed by atoms with E-state index in [2.05, 4.69) is 0 Å². The number of ether oxygens (including phenoxy) is 1. The van der Waals surface area contributed by atoms with Crippen LogP contribution in [0, 0.1) is 10.1 Å². The highest BCUT2D eigenvalue weighted by atomic mass is 32.2. The van der Waals surface area contributed by atoms with Gasteiger partial charge in [0.25, 0.3) is 9.84 Å². The summed E-state index contributed by atoms with van der Waals surface area (Å²) in [4.78, 5) is 8.46. The Balaban J connectivity index is 3.43. The van der Waals surface area contributed by atoms with Crippen molar-refractivity contribution in [3.8, 4) is 5.75 Å². The third-order valence-electron chi connectivity index (χ3n) is 2.04. The Morgan fingerprint density at radius 2 is 1.95 bits per heavy atom. The number of hydrogen-bond donors (Lipinski definition) is 0. The molecule has 0 atom stereocenters. The van der Waals surface area contributed by atoms with Gasteiger partial charge in [0, 0.05) is 6.07 Å². The van der Waals surface area contributed by atoms with Gasteiger partial charge in [-0.3, -0.25) is 10.1 Å². The fraction of sp³-hybridized carbons (Fsp3) is 0.333. The highest BCUT2D eigenvalue weighted by Gasteiger charge is 2.47. The number of rotatable bonds is 4. The van der Waals surface area contributed by atoms with Crippen molar-refractivity contribution in [2.75, 3.05) is 6.61 Å². The predicted molar refractivity (Wildman–Crippen MR) is 57.5 cm³/mol. The molecule has 0 aliphatic carbocycles. The van der Waals surface area contributed by atoms with E-state index in [1.165, 1.54) is 6.92 Å². The van der Waals surface area contributed by atoms with Gasteiger partial charge in [0.1, 0.15) is 0 Å². The molecule has 1 aromatic carbocycles. The summed E-state index contributed by atoms with van der Waals surface area (Å²) in [6.45, 7) is 1.57. The van der Waals surface area contributed by atoms with E-state index in [9.17, 15) is 31.7 Å². The number of halogens is 3. The summed E-state index contributed by atoms with van der Waals surface area (Å²) in [5.74, 6) is -0.298. The second-order valence-corrected chi connectivity index (χ2v) is 5.21. The number of alkyl halides is 3. The van der Waals surface area contributed by atoms with Crippen LogP contribution in [0.1, 0.15) is 6.92 Å². The second-order valence-electron chi connectivity index (χ2n) is 3.27. The minimum atomic E-state index is -5.62. The molecule has 0 radical (unpaired) electrons. The molecule has 6 nitrogen and oxygen atoms in total. The van der Waals surface area contributed by atoms with Crippen LogP contribution >= 0.6 is 0 Å². The Morgan fingerprint density at radius 1 is 1.37 bits per heavy atom. The number of nitro benzene ring substituents is 1. The SMILES string of the molecule is CCOc1ccc(S(=O)(=O)C(F)(F)F)cc1[N+](=O)[O-]. The lowest BCUT2D eigenvalue weighted by atomic mass is 10.3. The van der Waals surface area contributed by atoms with Crippen molar-refractivity contribution < 1.29 is 31.2 Å². The van der Waals surface area contributed by atoms with E-state index in [0.717, 1.165) is 6.07 Å². The number of benzene rings is 1. The second kappa shape index (κ2) is 5.03. The molecule has 0 fully saturated rings. The molecule has 0 aromatic heterocycles. The van der Waals surface area contributed by atoms with Gasteiger partial charge in [-0.2, -0.15) is 13.2 Å². The van der Waals surface area contributed by atoms with Crippen LogP contribution < -0.4 is 4.74 Å². The maximum atomic E-state index is 12.3. The van der Waals surface area contributed by atoms with Crippen molar-refractivity contribution in [1.82, 2.24) is 0 Å². The van der Waals surface area contributed by atoms with E-state index < -0.39 is 30.9 Å². The zero-order valence-corrected chi connectivity index (χ0v) is 10.3. The standard InChI is InChI=1S/C9H8F3NO5S/c1-2-18-8-4-3-6(5-7(8)13(14)15)19(16,17)9(10,11)12/h3-5H,2H2,1H3. The summed E-state index contributed by atoms with van der Waals surface area (Å²) in [6.07, 6.45) is 0. The normalized spacial score (nSPS) is 12.2. The van der Waals surface area contributed by atoms with Gasteiger partial charge >= 0.3 is 11.2 Å². The first-order valence-corrected chi connectivity index (χ1v) is 6.32. The Labute approximate surface area is 105 Å². The molecule has 0 unspecified atom stereocenters. The number of nitro groups is 1. The molecule has 0 amide bonds. The molecule has 0 bridgehead atoms. The quantitative estimate of drug-likeness (QED) is 0.629. The van der Waals surface area contributed by atoms with E-state index >= 15 is 0 Å². The Bertz CT molecular complexity index is 596. The van der Waals surface area contributed by atoms with E-state index in [1.54, 1.807) is 0 Å². The number of sulfone groups is 1. The van der Waals surface area contributed by atoms with Gasteiger partial charge in [-0.1, -0.05) is 0 Å². The summed E-state index contributed by atoms with van der Waals surface area (Å²) in [5, 5.41) is 10.7. The molecule has 0 aliphatic rings. The van der Waals surface area contributed by atoms with Gasteiger partial charge in [0.05, 0.1) is 16.4 Å². The van der Waals surface area contributed by atoms with Crippen molar-refractivity contribution >= 4 is 15.5 Å². The smallest absolute Gasteiger partial charge is 0.487 e. The maximum absolute atomic E-state index is 12.3. The largest absolute Gasteiger partial charge is 0.501 e. The van der Waals surface area contributed by atoms with E-state index in [-0.39, 0.29) is 12.4 Å². The molecule has 0 N–H and O–H groups in total. The van der Waals surface area contributed by atoms with Crippen LogP contribution in [0.25, 0.3) is 0 Å². The molecule has 0 aliphatic heterocycles. The zero-order valence-electron chi connectivity index (χ0n) is 9.47. The average Bonchev–Trinajstić information content (AvgIpc) is 2.27. The summed E-state index contributed by atoms with van der Waals surface area (Å²) < 4.78 is 64.0. The van der Waals surface area contributed by atoms with Gasteiger partial charge in [0.2, 0.25) is 0 Å². The van der Waals surface area contributed by atoms with E-state index in [4.69, 9.17) is 4.74 Å². The highest BCUT2D eigenvalue weighted by Crippen LogP contribution is 2.35. The molecule has 1 rings (SSSR count). The number of nitrogens with zero attached hydrogens (tertiary/aromatic N) is 1. The monoisotopic (exact) mass is 299 g/mol. The van der Waals surface area contributed by atoms with Crippen LogP contribution in [0.3, 0.4) is 0 Å². The Morgan fingerprint density at radius 3 is 2.37 bits per heavy atom. The molecule has 19 heavy (non-hydrogen) atoms. The van der Waals surface area contributed by atoms with Crippen LogP contribution in [0.4, 0.5) is 18.9 Å². The fourth-order valence-electron chi connectivity index (χ4n) is 1.22.